The van der Waals surface area contributed by atoms with E-state index < -0.39 is 10.8 Å². The number of fused-ring (bicyclic) bond motifs is 2. The highest BCUT2D eigenvalue weighted by Gasteiger charge is 2.44. The van der Waals surface area contributed by atoms with Gasteiger partial charge in [-0.1, -0.05) is 18.6 Å². The number of nitrogens with zero attached hydrogens (tertiary/aromatic N) is 3. The van der Waals surface area contributed by atoms with E-state index in [2.05, 4.69) is 17.1 Å². The largest absolute Gasteiger partial charge is 0.394 e. The van der Waals surface area contributed by atoms with E-state index in [0.29, 0.717) is 29.9 Å². The number of aliphatic hydroxyl groups is 1. The molecule has 0 amide bonds. The van der Waals surface area contributed by atoms with E-state index in [1.807, 2.05) is 6.07 Å². The van der Waals surface area contributed by atoms with Crippen molar-refractivity contribution in [3.63, 3.8) is 0 Å². The number of benzene rings is 1. The van der Waals surface area contributed by atoms with E-state index >= 15 is 0 Å². The van der Waals surface area contributed by atoms with E-state index in [9.17, 15) is 13.7 Å². The maximum absolute atomic E-state index is 14.0. The van der Waals surface area contributed by atoms with Gasteiger partial charge in [0.05, 0.1) is 28.6 Å². The van der Waals surface area contributed by atoms with Crippen molar-refractivity contribution in [2.45, 2.75) is 62.3 Å². The molecule has 2 aliphatic heterocycles. The van der Waals surface area contributed by atoms with Gasteiger partial charge < -0.3 is 15.3 Å². The van der Waals surface area contributed by atoms with Gasteiger partial charge in [0.25, 0.3) is 0 Å². The van der Waals surface area contributed by atoms with Crippen molar-refractivity contribution in [3.8, 4) is 0 Å². The van der Waals surface area contributed by atoms with Crippen LogP contribution in [-0.4, -0.2) is 50.3 Å². The number of aryl methyl sites for hydroxylation is 1. The first-order chi connectivity index (χ1) is 16.5. The van der Waals surface area contributed by atoms with Gasteiger partial charge in [-0.3, -0.25) is 4.21 Å². The number of rotatable bonds is 6. The summed E-state index contributed by atoms with van der Waals surface area (Å²) in [4.78, 5) is 12.6. The molecular formula is C26H31FN4O2S. The average Bonchev–Trinajstić information content (AvgIpc) is 3.38. The SMILES string of the molecule is CCC1=C(C2CCN(c3nc4c(c(NC5(CO)CC5)n3)S(=O)CC4)CC2)c2cc(F)ccc2C1. The predicted octanol–water partition coefficient (Wildman–Crippen LogP) is 3.85. The van der Waals surface area contributed by atoms with Gasteiger partial charge in [0.1, 0.15) is 16.5 Å². The first kappa shape index (κ1) is 22.2. The lowest BCUT2D eigenvalue weighted by atomic mass is 9.84. The van der Waals surface area contributed by atoms with Crippen LogP contribution in [-0.2, 0) is 23.6 Å². The first-order valence-corrected chi connectivity index (χ1v) is 13.8. The van der Waals surface area contributed by atoms with E-state index in [4.69, 9.17) is 9.97 Å². The number of nitrogens with one attached hydrogen (secondary N) is 1. The van der Waals surface area contributed by atoms with Crippen molar-refractivity contribution in [2.75, 3.05) is 35.7 Å². The van der Waals surface area contributed by atoms with Crippen molar-refractivity contribution >= 4 is 28.1 Å². The molecule has 2 aliphatic carbocycles. The minimum atomic E-state index is -1.09. The molecule has 3 heterocycles. The number of hydrogen-bond acceptors (Lipinski definition) is 6. The van der Waals surface area contributed by atoms with Crippen LogP contribution >= 0.6 is 0 Å². The standard InChI is InChI=1S/C26H31FN4O2S/c1-2-16-13-18-3-4-19(27)14-20(18)22(16)17-5-10-31(11-6-17)25-28-21-7-12-34(33)23(21)24(29-25)30-26(15-32)8-9-26/h3-4,14,17,32H,2,5-13,15H2,1H3,(H,28,29,30). The fourth-order valence-electron chi connectivity index (χ4n) is 5.80. The molecule has 1 saturated carbocycles. The van der Waals surface area contributed by atoms with E-state index in [-0.39, 0.29) is 18.0 Å². The Hall–Kier alpha value is -2.32. The number of aliphatic hydroxyl groups excluding tert-OH is 1. The van der Waals surface area contributed by atoms with Gasteiger partial charge in [-0.05, 0) is 73.3 Å². The second-order valence-electron chi connectivity index (χ2n) is 10.1. The molecule has 0 bridgehead atoms. The fraction of sp³-hybridized carbons (Fsp3) is 0.538. The molecule has 4 aliphatic rings. The van der Waals surface area contributed by atoms with Crippen LogP contribution in [0.15, 0.2) is 28.7 Å². The molecule has 0 radical (unpaired) electrons. The quantitative estimate of drug-likeness (QED) is 0.651. The van der Waals surface area contributed by atoms with Crippen LogP contribution in [0.1, 0.15) is 55.8 Å². The van der Waals surface area contributed by atoms with Gasteiger partial charge in [-0.15, -0.1) is 0 Å². The van der Waals surface area contributed by atoms with Crippen molar-refractivity contribution in [3.05, 3.63) is 46.4 Å². The number of hydrogen-bond donors (Lipinski definition) is 2. The van der Waals surface area contributed by atoms with Crippen LogP contribution in [0.3, 0.4) is 0 Å². The molecule has 1 atom stereocenters. The molecule has 6 rings (SSSR count). The van der Waals surface area contributed by atoms with E-state index in [1.165, 1.54) is 16.7 Å². The van der Waals surface area contributed by atoms with Gasteiger partial charge >= 0.3 is 0 Å². The number of allylic oxidation sites excluding steroid dienone is 2. The highest BCUT2D eigenvalue weighted by Crippen LogP contribution is 2.44. The minimum Gasteiger partial charge on any atom is -0.394 e. The molecule has 1 aromatic heterocycles. The van der Waals surface area contributed by atoms with Crippen molar-refractivity contribution in [1.82, 2.24) is 9.97 Å². The average molecular weight is 483 g/mol. The summed E-state index contributed by atoms with van der Waals surface area (Å²) in [5.74, 6) is 2.17. The van der Waals surface area contributed by atoms with Crippen molar-refractivity contribution < 1.29 is 13.7 Å². The van der Waals surface area contributed by atoms with Crippen LogP contribution in [0.2, 0.25) is 0 Å². The Labute approximate surface area is 202 Å². The monoisotopic (exact) mass is 482 g/mol. The molecule has 2 N–H and O–H groups in total. The third-order valence-electron chi connectivity index (χ3n) is 7.98. The summed E-state index contributed by atoms with van der Waals surface area (Å²) in [7, 11) is -1.09. The lowest BCUT2D eigenvalue weighted by molar-refractivity contribution is 0.265. The summed E-state index contributed by atoms with van der Waals surface area (Å²) >= 11 is 0. The summed E-state index contributed by atoms with van der Waals surface area (Å²) in [6.45, 7) is 3.92. The molecule has 1 saturated heterocycles. The Balaban J connectivity index is 1.24. The molecule has 1 unspecified atom stereocenters. The second kappa shape index (κ2) is 8.41. The first-order valence-electron chi connectivity index (χ1n) is 12.4. The van der Waals surface area contributed by atoms with Gasteiger partial charge in [0.15, 0.2) is 0 Å². The molecule has 34 heavy (non-hydrogen) atoms. The molecule has 2 fully saturated rings. The topological polar surface area (TPSA) is 78.3 Å². The predicted molar refractivity (Wildman–Crippen MR) is 132 cm³/mol. The van der Waals surface area contributed by atoms with E-state index in [1.54, 1.807) is 12.1 Å². The summed E-state index contributed by atoms with van der Waals surface area (Å²) in [6, 6.07) is 5.23. The van der Waals surface area contributed by atoms with Crippen molar-refractivity contribution in [2.24, 2.45) is 5.92 Å². The number of piperidine rings is 1. The summed E-state index contributed by atoms with van der Waals surface area (Å²) in [6.07, 6.45) is 6.38. The zero-order chi connectivity index (χ0) is 23.4. The van der Waals surface area contributed by atoms with Gasteiger partial charge in [0.2, 0.25) is 5.95 Å². The molecule has 0 spiro atoms. The number of halogens is 1. The Kier molecular flexibility index (Phi) is 5.48. The lowest BCUT2D eigenvalue weighted by Gasteiger charge is -2.34. The minimum absolute atomic E-state index is 0.0517. The molecule has 2 aromatic rings. The highest BCUT2D eigenvalue weighted by atomic mass is 32.2. The van der Waals surface area contributed by atoms with Gasteiger partial charge in [-0.2, -0.15) is 4.98 Å². The van der Waals surface area contributed by atoms with Crippen LogP contribution in [0, 0.1) is 11.7 Å². The molecular weight excluding hydrogens is 451 g/mol. The Bertz CT molecular complexity index is 1200. The van der Waals surface area contributed by atoms with E-state index in [0.717, 1.165) is 67.8 Å². The van der Waals surface area contributed by atoms with Gasteiger partial charge in [-0.25, -0.2) is 9.37 Å². The highest BCUT2D eigenvalue weighted by molar-refractivity contribution is 7.85. The van der Waals surface area contributed by atoms with Crippen LogP contribution in [0.5, 0.6) is 0 Å². The Morgan fingerprint density at radius 2 is 2.06 bits per heavy atom. The smallest absolute Gasteiger partial charge is 0.227 e. The maximum Gasteiger partial charge on any atom is 0.227 e. The Morgan fingerprint density at radius 3 is 2.76 bits per heavy atom. The molecule has 180 valence electrons. The third-order valence-corrected chi connectivity index (χ3v) is 9.43. The summed E-state index contributed by atoms with van der Waals surface area (Å²) in [5.41, 5.74) is 5.71. The second-order valence-corrected chi connectivity index (χ2v) is 11.6. The van der Waals surface area contributed by atoms with Crippen LogP contribution in [0.4, 0.5) is 16.2 Å². The zero-order valence-corrected chi connectivity index (χ0v) is 20.4. The van der Waals surface area contributed by atoms with Gasteiger partial charge in [0, 0.05) is 25.3 Å². The lowest BCUT2D eigenvalue weighted by Crippen LogP contribution is -2.36. The molecule has 6 nitrogen and oxygen atoms in total. The van der Waals surface area contributed by atoms with Crippen molar-refractivity contribution in [1.29, 1.82) is 0 Å². The molecule has 1 aromatic carbocycles. The normalized spacial score (nSPS) is 23.3. The number of anilines is 2. The maximum atomic E-state index is 14.0. The summed E-state index contributed by atoms with van der Waals surface area (Å²) in [5, 5.41) is 13.2. The van der Waals surface area contributed by atoms with Crippen LogP contribution < -0.4 is 10.2 Å². The number of aromatic nitrogens is 2. The summed E-state index contributed by atoms with van der Waals surface area (Å²) < 4.78 is 26.7. The van der Waals surface area contributed by atoms with Crippen LogP contribution in [0.25, 0.3) is 5.57 Å². The third kappa shape index (κ3) is 3.75. The fourth-order valence-corrected chi connectivity index (χ4v) is 7.10. The zero-order valence-electron chi connectivity index (χ0n) is 19.6. The Morgan fingerprint density at radius 1 is 1.26 bits per heavy atom. The molecule has 8 heteroatoms.